The Labute approximate surface area is 78.6 Å². The van der Waals surface area contributed by atoms with Crippen LogP contribution in [0.4, 0.5) is 14.5 Å². The second-order valence-electron chi connectivity index (χ2n) is 2.96. The van der Waals surface area contributed by atoms with Crippen molar-refractivity contribution in [2.24, 2.45) is 0 Å². The smallest absolute Gasteiger partial charge is 0.168 e. The summed E-state index contributed by atoms with van der Waals surface area (Å²) in [6.07, 6.45) is 0. The van der Waals surface area contributed by atoms with Gasteiger partial charge in [-0.05, 0) is 6.07 Å². The molecule has 0 heterocycles. The van der Waals surface area contributed by atoms with E-state index in [1.807, 2.05) is 0 Å². The van der Waals surface area contributed by atoms with E-state index >= 15 is 0 Å². The molecular weight excluding hydrogens is 188 g/mol. The van der Waals surface area contributed by atoms with Gasteiger partial charge >= 0.3 is 0 Å². The zero-order valence-corrected chi connectivity index (χ0v) is 7.09. The molecule has 0 radical (unpaired) electrons. The molecule has 3 N–H and O–H groups in total. The Morgan fingerprint density at radius 2 is 1.93 bits per heavy atom. The van der Waals surface area contributed by atoms with E-state index in [2.05, 4.69) is 0 Å². The Morgan fingerprint density at radius 1 is 1.21 bits per heavy atom. The molecule has 72 valence electrons. The molecule has 0 saturated heterocycles. The van der Waals surface area contributed by atoms with Gasteiger partial charge in [0.2, 0.25) is 0 Å². The minimum atomic E-state index is -1.10. The summed E-state index contributed by atoms with van der Waals surface area (Å²) in [5, 5.41) is 9.47. The molecule has 0 spiro atoms. The standard InChI is InChI=1S/C10H7F2NO/c11-6-4-8(14)5-2-1-3-7(13)9(5)10(6)12/h1-4,14H,13H2. The van der Waals surface area contributed by atoms with Gasteiger partial charge in [0.15, 0.2) is 11.6 Å². The predicted molar refractivity (Wildman–Crippen MR) is 49.9 cm³/mol. The van der Waals surface area contributed by atoms with Gasteiger partial charge in [0.25, 0.3) is 0 Å². The van der Waals surface area contributed by atoms with Gasteiger partial charge in [-0.25, -0.2) is 8.78 Å². The first-order chi connectivity index (χ1) is 6.61. The molecule has 0 fully saturated rings. The summed E-state index contributed by atoms with van der Waals surface area (Å²) >= 11 is 0. The fourth-order valence-corrected chi connectivity index (χ4v) is 1.41. The summed E-state index contributed by atoms with van der Waals surface area (Å²) in [6, 6.07) is 5.22. The Hall–Kier alpha value is -1.84. The SMILES string of the molecule is Nc1cccc2c(O)cc(F)c(F)c12. The first-order valence-electron chi connectivity index (χ1n) is 3.96. The summed E-state index contributed by atoms with van der Waals surface area (Å²) < 4.78 is 26.2. The Kier molecular flexibility index (Phi) is 1.77. The van der Waals surface area contributed by atoms with Crippen molar-refractivity contribution >= 4 is 16.5 Å². The molecule has 0 aromatic heterocycles. The molecule has 0 atom stereocenters. The maximum Gasteiger partial charge on any atom is 0.168 e. The van der Waals surface area contributed by atoms with Gasteiger partial charge < -0.3 is 10.8 Å². The van der Waals surface area contributed by atoms with Crippen molar-refractivity contribution in [3.63, 3.8) is 0 Å². The number of benzene rings is 2. The maximum absolute atomic E-state index is 13.3. The van der Waals surface area contributed by atoms with Crippen LogP contribution >= 0.6 is 0 Å². The van der Waals surface area contributed by atoms with Gasteiger partial charge in [-0.15, -0.1) is 0 Å². The maximum atomic E-state index is 13.3. The summed E-state index contributed by atoms with van der Waals surface area (Å²) in [4.78, 5) is 0. The number of nitrogen functional groups attached to an aromatic ring is 1. The largest absolute Gasteiger partial charge is 0.507 e. The molecular formula is C10H7F2NO. The lowest BCUT2D eigenvalue weighted by Gasteiger charge is -2.05. The van der Waals surface area contributed by atoms with Gasteiger partial charge in [0, 0.05) is 22.5 Å². The number of phenolic OH excluding ortho intramolecular Hbond substituents is 1. The third kappa shape index (κ3) is 1.08. The van der Waals surface area contributed by atoms with Crippen LogP contribution in [-0.2, 0) is 0 Å². The van der Waals surface area contributed by atoms with E-state index in [4.69, 9.17) is 5.73 Å². The molecule has 0 aliphatic rings. The number of aromatic hydroxyl groups is 1. The number of rotatable bonds is 0. The summed E-state index contributed by atoms with van der Waals surface area (Å²) in [6.45, 7) is 0. The minimum absolute atomic E-state index is 0.0787. The lowest BCUT2D eigenvalue weighted by atomic mass is 10.1. The Morgan fingerprint density at radius 3 is 2.64 bits per heavy atom. The van der Waals surface area contributed by atoms with E-state index in [1.54, 1.807) is 6.07 Å². The van der Waals surface area contributed by atoms with E-state index in [0.717, 1.165) is 6.07 Å². The van der Waals surface area contributed by atoms with Crippen molar-refractivity contribution in [2.45, 2.75) is 0 Å². The normalized spacial score (nSPS) is 10.7. The van der Waals surface area contributed by atoms with Crippen molar-refractivity contribution < 1.29 is 13.9 Å². The zero-order valence-electron chi connectivity index (χ0n) is 7.09. The topological polar surface area (TPSA) is 46.2 Å². The molecule has 0 unspecified atom stereocenters. The van der Waals surface area contributed by atoms with E-state index in [1.165, 1.54) is 12.1 Å². The molecule has 2 rings (SSSR count). The van der Waals surface area contributed by atoms with Crippen LogP contribution in [0, 0.1) is 11.6 Å². The van der Waals surface area contributed by atoms with Crippen molar-refractivity contribution in [1.29, 1.82) is 0 Å². The number of nitrogens with two attached hydrogens (primary N) is 1. The van der Waals surface area contributed by atoms with Crippen molar-refractivity contribution in [1.82, 2.24) is 0 Å². The average Bonchev–Trinajstić information content (AvgIpc) is 2.14. The van der Waals surface area contributed by atoms with E-state index < -0.39 is 11.6 Å². The average molecular weight is 195 g/mol. The highest BCUT2D eigenvalue weighted by Crippen LogP contribution is 2.32. The van der Waals surface area contributed by atoms with Crippen molar-refractivity contribution in [3.8, 4) is 5.75 Å². The van der Waals surface area contributed by atoms with Crippen LogP contribution in [0.25, 0.3) is 10.8 Å². The number of halogens is 2. The third-order valence-electron chi connectivity index (χ3n) is 2.07. The monoisotopic (exact) mass is 195 g/mol. The molecule has 0 amide bonds. The molecule has 0 saturated carbocycles. The highest BCUT2D eigenvalue weighted by atomic mass is 19.2. The fourth-order valence-electron chi connectivity index (χ4n) is 1.41. The van der Waals surface area contributed by atoms with Crippen LogP contribution in [0.2, 0.25) is 0 Å². The van der Waals surface area contributed by atoms with E-state index in [0.29, 0.717) is 0 Å². The van der Waals surface area contributed by atoms with Gasteiger partial charge in [-0.1, -0.05) is 12.1 Å². The highest BCUT2D eigenvalue weighted by Gasteiger charge is 2.13. The van der Waals surface area contributed by atoms with Gasteiger partial charge in [-0.2, -0.15) is 0 Å². The number of fused-ring (bicyclic) bond motifs is 1. The van der Waals surface area contributed by atoms with Gasteiger partial charge in [-0.3, -0.25) is 0 Å². The van der Waals surface area contributed by atoms with Crippen LogP contribution in [0.3, 0.4) is 0 Å². The molecule has 2 aromatic carbocycles. The van der Waals surface area contributed by atoms with Gasteiger partial charge in [0.1, 0.15) is 5.75 Å². The molecule has 2 nitrogen and oxygen atoms in total. The number of hydrogen-bond donors (Lipinski definition) is 2. The van der Waals surface area contributed by atoms with E-state index in [9.17, 15) is 13.9 Å². The number of hydrogen-bond acceptors (Lipinski definition) is 2. The summed E-state index contributed by atoms with van der Waals surface area (Å²) in [5.41, 5.74) is 5.58. The molecule has 0 bridgehead atoms. The molecule has 2 aromatic rings. The zero-order chi connectivity index (χ0) is 10.3. The third-order valence-corrected chi connectivity index (χ3v) is 2.07. The summed E-state index contributed by atoms with van der Waals surface area (Å²) in [7, 11) is 0. The molecule has 0 aliphatic heterocycles. The minimum Gasteiger partial charge on any atom is -0.507 e. The van der Waals surface area contributed by atoms with Crippen molar-refractivity contribution in [3.05, 3.63) is 35.9 Å². The first-order valence-corrected chi connectivity index (χ1v) is 3.96. The van der Waals surface area contributed by atoms with Crippen molar-refractivity contribution in [2.75, 3.05) is 5.73 Å². The lowest BCUT2D eigenvalue weighted by Crippen LogP contribution is -1.93. The number of phenols is 1. The van der Waals surface area contributed by atoms with Crippen LogP contribution < -0.4 is 5.73 Å². The van der Waals surface area contributed by atoms with Gasteiger partial charge in [0.05, 0.1) is 0 Å². The fraction of sp³-hybridized carbons (Fsp3) is 0. The van der Waals surface area contributed by atoms with Crippen LogP contribution in [0.15, 0.2) is 24.3 Å². The van der Waals surface area contributed by atoms with Crippen LogP contribution in [0.1, 0.15) is 0 Å². The van der Waals surface area contributed by atoms with Crippen LogP contribution in [-0.4, -0.2) is 5.11 Å². The van der Waals surface area contributed by atoms with E-state index in [-0.39, 0.29) is 22.2 Å². The number of anilines is 1. The van der Waals surface area contributed by atoms with Crippen LogP contribution in [0.5, 0.6) is 5.75 Å². The molecule has 0 aliphatic carbocycles. The molecule has 14 heavy (non-hydrogen) atoms. The first kappa shape index (κ1) is 8.74. The summed E-state index contributed by atoms with van der Waals surface area (Å²) in [5.74, 6) is -2.45. The second kappa shape index (κ2) is 2.83. The second-order valence-corrected chi connectivity index (χ2v) is 2.96. The predicted octanol–water partition coefficient (Wildman–Crippen LogP) is 2.41. The molecule has 4 heteroatoms. The Bertz CT molecular complexity index is 511. The lowest BCUT2D eigenvalue weighted by molar-refractivity contribution is 0.464. The Balaban J connectivity index is 3.03. The quantitative estimate of drug-likeness (QED) is 0.634. The highest BCUT2D eigenvalue weighted by molar-refractivity contribution is 5.97.